The first-order valence-corrected chi connectivity index (χ1v) is 8.74. The summed E-state index contributed by atoms with van der Waals surface area (Å²) in [6.07, 6.45) is 3.60. The van der Waals surface area contributed by atoms with Gasteiger partial charge in [-0.05, 0) is 37.5 Å². The van der Waals surface area contributed by atoms with Crippen LogP contribution in [0, 0.1) is 0 Å². The largest absolute Gasteiger partial charge is 0.495 e. The summed E-state index contributed by atoms with van der Waals surface area (Å²) in [6, 6.07) is 5.60. The molecule has 2 N–H and O–H groups in total. The molecule has 118 valence electrons. The predicted molar refractivity (Wildman–Crippen MR) is 85.3 cm³/mol. The highest BCUT2D eigenvalue weighted by atomic mass is 32.2. The molecule has 1 aliphatic heterocycles. The van der Waals surface area contributed by atoms with Crippen molar-refractivity contribution < 1.29 is 13.2 Å². The fourth-order valence-corrected chi connectivity index (χ4v) is 3.40. The van der Waals surface area contributed by atoms with Gasteiger partial charge in [-0.3, -0.25) is 4.72 Å². The Morgan fingerprint density at radius 2 is 1.95 bits per heavy atom. The summed E-state index contributed by atoms with van der Waals surface area (Å²) in [6.45, 7) is 4.08. The molecule has 0 radical (unpaired) electrons. The van der Waals surface area contributed by atoms with Gasteiger partial charge in [-0.2, -0.15) is 13.1 Å². The van der Waals surface area contributed by atoms with Crippen LogP contribution in [0.4, 0.5) is 11.4 Å². The molecule has 0 spiro atoms. The Morgan fingerprint density at radius 1 is 1.24 bits per heavy atom. The molecule has 0 amide bonds. The lowest BCUT2D eigenvalue weighted by molar-refractivity contribution is 0.417. The molecule has 0 bridgehead atoms. The molecule has 2 rings (SSSR count). The molecule has 0 atom stereocenters. The second kappa shape index (κ2) is 7.00. The zero-order valence-corrected chi connectivity index (χ0v) is 13.4. The second-order valence-electron chi connectivity index (χ2n) is 5.04. The number of hydrogen-bond donors (Lipinski definition) is 2. The van der Waals surface area contributed by atoms with E-state index in [1.807, 2.05) is 12.1 Å². The van der Waals surface area contributed by atoms with E-state index in [1.165, 1.54) is 26.4 Å². The molecule has 6 nitrogen and oxygen atoms in total. The molecule has 0 unspecified atom stereocenters. The van der Waals surface area contributed by atoms with Crippen molar-refractivity contribution in [1.29, 1.82) is 0 Å². The van der Waals surface area contributed by atoms with Crippen molar-refractivity contribution in [1.82, 2.24) is 4.72 Å². The summed E-state index contributed by atoms with van der Waals surface area (Å²) in [5, 5.41) is 0. The average molecular weight is 313 g/mol. The molecule has 0 aliphatic carbocycles. The molecule has 1 aliphatic rings. The lowest BCUT2D eigenvalue weighted by Crippen LogP contribution is -2.31. The van der Waals surface area contributed by atoms with Crippen LogP contribution in [-0.4, -0.2) is 35.2 Å². The molecule has 21 heavy (non-hydrogen) atoms. The highest BCUT2D eigenvalue weighted by molar-refractivity contribution is 7.90. The summed E-state index contributed by atoms with van der Waals surface area (Å²) in [5.41, 5.74) is 1.48. The number of methoxy groups -OCH3 is 1. The lowest BCUT2D eigenvalue weighted by atomic mass is 10.1. The van der Waals surface area contributed by atoms with E-state index in [4.69, 9.17) is 4.74 Å². The normalized spacial score (nSPS) is 15.8. The van der Waals surface area contributed by atoms with Crippen LogP contribution >= 0.6 is 0 Å². The van der Waals surface area contributed by atoms with Gasteiger partial charge < -0.3 is 9.64 Å². The first-order valence-electron chi connectivity index (χ1n) is 7.26. The van der Waals surface area contributed by atoms with Crippen LogP contribution in [0.1, 0.15) is 26.2 Å². The van der Waals surface area contributed by atoms with E-state index in [0.717, 1.165) is 18.8 Å². The van der Waals surface area contributed by atoms with Crippen LogP contribution in [0.5, 0.6) is 5.75 Å². The first kappa shape index (κ1) is 15.9. The van der Waals surface area contributed by atoms with Gasteiger partial charge >= 0.3 is 0 Å². The van der Waals surface area contributed by atoms with Gasteiger partial charge in [0.2, 0.25) is 0 Å². The predicted octanol–water partition coefficient (Wildman–Crippen LogP) is 1.95. The summed E-state index contributed by atoms with van der Waals surface area (Å²) in [4.78, 5) is 2.27. The molecule has 0 saturated carbocycles. The summed E-state index contributed by atoms with van der Waals surface area (Å²) < 4.78 is 33.9. The third-order valence-corrected chi connectivity index (χ3v) is 4.64. The van der Waals surface area contributed by atoms with E-state index in [9.17, 15) is 8.42 Å². The Bertz CT molecular complexity index is 569. The van der Waals surface area contributed by atoms with Gasteiger partial charge in [0.05, 0.1) is 12.8 Å². The maximum Gasteiger partial charge on any atom is 0.299 e. The van der Waals surface area contributed by atoms with Gasteiger partial charge in [0, 0.05) is 25.3 Å². The zero-order valence-electron chi connectivity index (χ0n) is 12.6. The molecule has 1 aromatic carbocycles. The lowest BCUT2D eigenvalue weighted by Gasteiger charge is -2.29. The maximum atomic E-state index is 11.9. The van der Waals surface area contributed by atoms with Gasteiger partial charge in [-0.1, -0.05) is 6.92 Å². The second-order valence-corrected chi connectivity index (χ2v) is 6.54. The van der Waals surface area contributed by atoms with E-state index in [0.29, 0.717) is 18.0 Å². The van der Waals surface area contributed by atoms with Gasteiger partial charge in [-0.25, -0.2) is 0 Å². The topological polar surface area (TPSA) is 70.7 Å². The van der Waals surface area contributed by atoms with Crippen LogP contribution in [0.15, 0.2) is 18.2 Å². The van der Waals surface area contributed by atoms with Crippen molar-refractivity contribution in [3.63, 3.8) is 0 Å². The SMILES string of the molecule is CCNS(=O)(=O)Nc1cc(N2CCCCC2)ccc1OC. The molecule has 1 fully saturated rings. The fraction of sp³-hybridized carbons (Fsp3) is 0.571. The minimum absolute atomic E-state index is 0.337. The number of rotatable bonds is 6. The van der Waals surface area contributed by atoms with Crippen molar-refractivity contribution in [2.24, 2.45) is 0 Å². The molecule has 1 aromatic rings. The molecule has 7 heteroatoms. The number of piperidine rings is 1. The number of anilines is 2. The third-order valence-electron chi connectivity index (χ3n) is 3.48. The summed E-state index contributed by atoms with van der Waals surface area (Å²) in [5.74, 6) is 0.511. The van der Waals surface area contributed by atoms with Crippen LogP contribution in [0.2, 0.25) is 0 Å². The van der Waals surface area contributed by atoms with Crippen molar-refractivity contribution in [2.75, 3.05) is 36.4 Å². The monoisotopic (exact) mass is 313 g/mol. The average Bonchev–Trinajstić information content (AvgIpc) is 2.47. The van der Waals surface area contributed by atoms with E-state index in [2.05, 4.69) is 14.3 Å². The van der Waals surface area contributed by atoms with Gasteiger partial charge in [0.1, 0.15) is 5.75 Å². The minimum atomic E-state index is -3.56. The van der Waals surface area contributed by atoms with E-state index >= 15 is 0 Å². The minimum Gasteiger partial charge on any atom is -0.495 e. The molecular weight excluding hydrogens is 290 g/mol. The van der Waals surface area contributed by atoms with Gasteiger partial charge in [0.15, 0.2) is 0 Å². The van der Waals surface area contributed by atoms with E-state index < -0.39 is 10.2 Å². The Labute approximate surface area is 126 Å². The van der Waals surface area contributed by atoms with Crippen molar-refractivity contribution >= 4 is 21.6 Å². The molecule has 0 aromatic heterocycles. The van der Waals surface area contributed by atoms with Crippen LogP contribution in [0.3, 0.4) is 0 Å². The summed E-state index contributed by atoms with van der Waals surface area (Å²) in [7, 11) is -2.03. The van der Waals surface area contributed by atoms with Crippen molar-refractivity contribution in [2.45, 2.75) is 26.2 Å². The molecule has 1 heterocycles. The maximum absolute atomic E-state index is 11.9. The van der Waals surface area contributed by atoms with E-state index in [-0.39, 0.29) is 0 Å². The number of ether oxygens (including phenoxy) is 1. The number of nitrogens with zero attached hydrogens (tertiary/aromatic N) is 1. The Morgan fingerprint density at radius 3 is 2.57 bits per heavy atom. The van der Waals surface area contributed by atoms with Crippen LogP contribution in [-0.2, 0) is 10.2 Å². The summed E-state index contributed by atoms with van der Waals surface area (Å²) >= 11 is 0. The van der Waals surface area contributed by atoms with Gasteiger partial charge in [-0.15, -0.1) is 0 Å². The molecular formula is C14H23N3O3S. The number of nitrogens with one attached hydrogen (secondary N) is 2. The standard InChI is InChI=1S/C14H23N3O3S/c1-3-15-21(18,19)16-13-11-12(7-8-14(13)20-2)17-9-5-4-6-10-17/h7-8,11,15-16H,3-6,9-10H2,1-2H3. The van der Waals surface area contributed by atoms with Crippen LogP contribution in [0.25, 0.3) is 0 Å². The Balaban J connectivity index is 2.25. The Kier molecular flexibility index (Phi) is 5.30. The third kappa shape index (κ3) is 4.25. The quantitative estimate of drug-likeness (QED) is 0.842. The highest BCUT2D eigenvalue weighted by Crippen LogP contribution is 2.31. The molecule has 1 saturated heterocycles. The van der Waals surface area contributed by atoms with E-state index in [1.54, 1.807) is 13.0 Å². The first-order chi connectivity index (χ1) is 10.1. The Hall–Kier alpha value is -1.47. The number of benzene rings is 1. The highest BCUT2D eigenvalue weighted by Gasteiger charge is 2.16. The zero-order chi connectivity index (χ0) is 15.3. The smallest absolute Gasteiger partial charge is 0.299 e. The van der Waals surface area contributed by atoms with Crippen LogP contribution < -0.4 is 19.1 Å². The van der Waals surface area contributed by atoms with Crippen molar-refractivity contribution in [3.05, 3.63) is 18.2 Å². The fourth-order valence-electron chi connectivity index (χ4n) is 2.50. The van der Waals surface area contributed by atoms with Gasteiger partial charge in [0.25, 0.3) is 10.2 Å². The number of hydrogen-bond acceptors (Lipinski definition) is 4. The van der Waals surface area contributed by atoms with Crippen molar-refractivity contribution in [3.8, 4) is 5.75 Å².